The molecule has 1 spiro atoms. The van der Waals surface area contributed by atoms with Gasteiger partial charge in [-0.2, -0.15) is 0 Å². The van der Waals surface area contributed by atoms with Crippen molar-refractivity contribution in [2.24, 2.45) is 0 Å². The molecule has 27 heavy (non-hydrogen) atoms. The summed E-state index contributed by atoms with van der Waals surface area (Å²) in [6.07, 6.45) is 4.99. The molecule has 0 aliphatic heterocycles. The van der Waals surface area contributed by atoms with Gasteiger partial charge >= 0.3 is 0 Å². The molecule has 1 atom stereocenters. The zero-order valence-corrected chi connectivity index (χ0v) is 16.1. The standard InChI is InChI=1S/C26H27N/c1-19-7-5-10-21-13-15-26(24(19)21)16-14-22-11-6-12-23(25(22)26)18-27-17-20-8-3-2-4-9-20/h2-12,27H,13-18H2,1H3/t26-/m0/s1. The van der Waals surface area contributed by atoms with E-state index in [9.17, 15) is 0 Å². The number of hydrogen-bond donors (Lipinski definition) is 1. The molecule has 0 heterocycles. The van der Waals surface area contributed by atoms with Gasteiger partial charge in [0.2, 0.25) is 0 Å². The van der Waals surface area contributed by atoms with E-state index in [4.69, 9.17) is 0 Å². The fraction of sp³-hybridized carbons (Fsp3) is 0.308. The first-order valence-electron chi connectivity index (χ1n) is 10.2. The Morgan fingerprint density at radius 2 is 1.44 bits per heavy atom. The Bertz CT molecular complexity index is 969. The predicted octanol–water partition coefficient (Wildman–Crippen LogP) is 5.46. The predicted molar refractivity (Wildman–Crippen MR) is 112 cm³/mol. The van der Waals surface area contributed by atoms with E-state index in [-0.39, 0.29) is 5.41 Å². The minimum Gasteiger partial charge on any atom is -0.309 e. The Kier molecular flexibility index (Phi) is 4.13. The second-order valence-corrected chi connectivity index (χ2v) is 8.23. The second kappa shape index (κ2) is 6.65. The third-order valence-electron chi connectivity index (χ3n) is 6.68. The molecule has 0 fully saturated rings. The molecular weight excluding hydrogens is 326 g/mol. The van der Waals surface area contributed by atoms with Gasteiger partial charge in [-0.1, -0.05) is 66.7 Å². The Morgan fingerprint density at radius 1 is 0.741 bits per heavy atom. The van der Waals surface area contributed by atoms with Crippen molar-refractivity contribution in [3.05, 3.63) is 106 Å². The summed E-state index contributed by atoms with van der Waals surface area (Å²) in [6, 6.07) is 24.6. The van der Waals surface area contributed by atoms with Gasteiger partial charge in [-0.25, -0.2) is 0 Å². The maximum absolute atomic E-state index is 3.69. The van der Waals surface area contributed by atoms with Gasteiger partial charge in [-0.15, -0.1) is 0 Å². The quantitative estimate of drug-likeness (QED) is 0.656. The molecule has 0 aromatic heterocycles. The molecule has 0 saturated heterocycles. The molecule has 136 valence electrons. The van der Waals surface area contributed by atoms with Crippen molar-refractivity contribution in [3.8, 4) is 0 Å². The summed E-state index contributed by atoms with van der Waals surface area (Å²) in [5, 5.41) is 3.69. The maximum Gasteiger partial charge on any atom is 0.0220 e. The highest BCUT2D eigenvalue weighted by molar-refractivity contribution is 5.58. The third kappa shape index (κ3) is 2.73. The van der Waals surface area contributed by atoms with E-state index in [0.717, 1.165) is 13.1 Å². The van der Waals surface area contributed by atoms with Crippen LogP contribution in [0.4, 0.5) is 0 Å². The molecule has 0 saturated carbocycles. The average Bonchev–Trinajstić information content (AvgIpc) is 3.27. The summed E-state index contributed by atoms with van der Waals surface area (Å²) in [5.74, 6) is 0. The SMILES string of the molecule is Cc1cccc2c1[C@]1(CC2)CCc2cccc(CNCc3ccccc3)c21. The van der Waals surface area contributed by atoms with Crippen LogP contribution in [0.3, 0.4) is 0 Å². The van der Waals surface area contributed by atoms with Crippen LogP contribution in [0.5, 0.6) is 0 Å². The number of nitrogens with one attached hydrogen (secondary N) is 1. The molecule has 3 aromatic carbocycles. The normalized spacial score (nSPS) is 20.0. The lowest BCUT2D eigenvalue weighted by Crippen LogP contribution is -2.25. The smallest absolute Gasteiger partial charge is 0.0220 e. The molecule has 3 aromatic rings. The molecule has 0 bridgehead atoms. The van der Waals surface area contributed by atoms with Crippen LogP contribution < -0.4 is 5.32 Å². The van der Waals surface area contributed by atoms with Crippen LogP contribution in [0.1, 0.15) is 51.8 Å². The van der Waals surface area contributed by atoms with E-state index in [0.29, 0.717) is 0 Å². The number of rotatable bonds is 4. The van der Waals surface area contributed by atoms with Gasteiger partial charge in [0.15, 0.2) is 0 Å². The van der Waals surface area contributed by atoms with Gasteiger partial charge in [-0.3, -0.25) is 0 Å². The Hall–Kier alpha value is -2.38. The summed E-state index contributed by atoms with van der Waals surface area (Å²) < 4.78 is 0. The summed E-state index contributed by atoms with van der Waals surface area (Å²) in [5.41, 5.74) is 11.0. The maximum atomic E-state index is 3.69. The van der Waals surface area contributed by atoms with E-state index >= 15 is 0 Å². The van der Waals surface area contributed by atoms with E-state index < -0.39 is 0 Å². The topological polar surface area (TPSA) is 12.0 Å². The van der Waals surface area contributed by atoms with Crippen molar-refractivity contribution in [2.75, 3.05) is 0 Å². The summed E-state index contributed by atoms with van der Waals surface area (Å²) in [4.78, 5) is 0. The minimum atomic E-state index is 0.251. The fourth-order valence-corrected chi connectivity index (χ4v) is 5.63. The molecule has 1 heteroatoms. The Labute approximate surface area is 162 Å². The van der Waals surface area contributed by atoms with Crippen molar-refractivity contribution >= 4 is 0 Å². The molecule has 0 unspecified atom stereocenters. The van der Waals surface area contributed by atoms with Crippen LogP contribution in [-0.2, 0) is 31.3 Å². The van der Waals surface area contributed by atoms with E-state index in [1.165, 1.54) is 42.4 Å². The van der Waals surface area contributed by atoms with Crippen LogP contribution >= 0.6 is 0 Å². The van der Waals surface area contributed by atoms with Gasteiger partial charge in [0.1, 0.15) is 0 Å². The van der Waals surface area contributed by atoms with Crippen LogP contribution in [0.25, 0.3) is 0 Å². The lowest BCUT2D eigenvalue weighted by atomic mass is 9.73. The van der Waals surface area contributed by atoms with Crippen molar-refractivity contribution in [2.45, 2.75) is 51.1 Å². The number of aryl methyl sites for hydroxylation is 3. The monoisotopic (exact) mass is 353 g/mol. The molecule has 1 nitrogen and oxygen atoms in total. The van der Waals surface area contributed by atoms with Crippen LogP contribution in [0.2, 0.25) is 0 Å². The molecule has 0 amide bonds. The van der Waals surface area contributed by atoms with Crippen LogP contribution in [0, 0.1) is 6.92 Å². The van der Waals surface area contributed by atoms with E-state index in [2.05, 4.69) is 79.0 Å². The molecule has 0 radical (unpaired) electrons. The first-order chi connectivity index (χ1) is 13.3. The summed E-state index contributed by atoms with van der Waals surface area (Å²) in [6.45, 7) is 4.17. The lowest BCUT2D eigenvalue weighted by Gasteiger charge is -2.30. The van der Waals surface area contributed by atoms with Crippen molar-refractivity contribution in [3.63, 3.8) is 0 Å². The van der Waals surface area contributed by atoms with Gasteiger partial charge in [-0.05, 0) is 71.6 Å². The molecular formula is C26H27N. The van der Waals surface area contributed by atoms with Gasteiger partial charge in [0, 0.05) is 18.5 Å². The van der Waals surface area contributed by atoms with Gasteiger partial charge in [0.05, 0.1) is 0 Å². The van der Waals surface area contributed by atoms with Gasteiger partial charge in [0.25, 0.3) is 0 Å². The molecule has 1 N–H and O–H groups in total. The van der Waals surface area contributed by atoms with Crippen molar-refractivity contribution in [1.29, 1.82) is 0 Å². The lowest BCUT2D eigenvalue weighted by molar-refractivity contribution is 0.499. The highest BCUT2D eigenvalue weighted by Crippen LogP contribution is 2.54. The summed E-state index contributed by atoms with van der Waals surface area (Å²) >= 11 is 0. The fourth-order valence-electron chi connectivity index (χ4n) is 5.63. The number of hydrogen-bond acceptors (Lipinski definition) is 1. The van der Waals surface area contributed by atoms with Crippen LogP contribution in [0.15, 0.2) is 66.7 Å². The molecule has 2 aliphatic rings. The molecule has 5 rings (SSSR count). The number of benzene rings is 3. The highest BCUT2D eigenvalue weighted by Gasteiger charge is 2.46. The van der Waals surface area contributed by atoms with E-state index in [1.807, 2.05) is 0 Å². The summed E-state index contributed by atoms with van der Waals surface area (Å²) in [7, 11) is 0. The highest BCUT2D eigenvalue weighted by atomic mass is 14.8. The number of fused-ring (bicyclic) bond motifs is 4. The Morgan fingerprint density at radius 3 is 2.22 bits per heavy atom. The first kappa shape index (κ1) is 16.8. The Balaban J connectivity index is 1.49. The first-order valence-corrected chi connectivity index (χ1v) is 10.2. The average molecular weight is 354 g/mol. The van der Waals surface area contributed by atoms with Crippen LogP contribution in [-0.4, -0.2) is 0 Å². The van der Waals surface area contributed by atoms with Gasteiger partial charge < -0.3 is 5.32 Å². The molecule has 2 aliphatic carbocycles. The van der Waals surface area contributed by atoms with E-state index in [1.54, 1.807) is 22.3 Å². The zero-order valence-electron chi connectivity index (χ0n) is 16.1. The zero-order chi connectivity index (χ0) is 18.3. The van der Waals surface area contributed by atoms with Crippen molar-refractivity contribution < 1.29 is 0 Å². The largest absolute Gasteiger partial charge is 0.309 e. The van der Waals surface area contributed by atoms with Crippen molar-refractivity contribution in [1.82, 2.24) is 5.32 Å². The second-order valence-electron chi connectivity index (χ2n) is 8.23. The minimum absolute atomic E-state index is 0.251. The third-order valence-corrected chi connectivity index (χ3v) is 6.68.